The zero-order valence-corrected chi connectivity index (χ0v) is 14.9. The average Bonchev–Trinajstić information content (AvgIpc) is 2.73. The van der Waals surface area contributed by atoms with Gasteiger partial charge in [-0.3, -0.25) is 0 Å². The summed E-state index contributed by atoms with van der Waals surface area (Å²) in [5.41, 5.74) is 8.71. The molecule has 0 unspecified atom stereocenters. The van der Waals surface area contributed by atoms with E-state index >= 15 is 0 Å². The number of pyridine rings is 1. The van der Waals surface area contributed by atoms with Crippen molar-refractivity contribution < 1.29 is 0 Å². The third kappa shape index (κ3) is 2.84. The molecule has 4 aromatic rings. The number of piperazine rings is 1. The van der Waals surface area contributed by atoms with Gasteiger partial charge in [-0.1, -0.05) is 42.5 Å². The summed E-state index contributed by atoms with van der Waals surface area (Å²) < 4.78 is 0. The van der Waals surface area contributed by atoms with Crippen LogP contribution in [0.25, 0.3) is 32.9 Å². The minimum Gasteiger partial charge on any atom is -0.368 e. The van der Waals surface area contributed by atoms with Crippen LogP contribution in [0.3, 0.4) is 0 Å². The number of aromatic nitrogens is 3. The lowest BCUT2D eigenvalue weighted by Gasteiger charge is -2.30. The van der Waals surface area contributed by atoms with Crippen molar-refractivity contribution in [2.45, 2.75) is 0 Å². The van der Waals surface area contributed by atoms with Crippen LogP contribution in [0.1, 0.15) is 0 Å². The molecule has 3 N–H and O–H groups in total. The fourth-order valence-corrected chi connectivity index (χ4v) is 3.74. The molecule has 3 heterocycles. The smallest absolute Gasteiger partial charge is 0.222 e. The zero-order chi connectivity index (χ0) is 18.2. The highest BCUT2D eigenvalue weighted by Gasteiger charge is 2.19. The number of nitrogens with zero attached hydrogens (tertiary/aromatic N) is 4. The first kappa shape index (κ1) is 16.0. The minimum atomic E-state index is 0.249. The van der Waals surface area contributed by atoms with E-state index in [0.29, 0.717) is 5.65 Å². The second-order valence-corrected chi connectivity index (χ2v) is 6.76. The number of nitrogens with one attached hydrogen (secondary N) is 1. The molecule has 1 saturated heterocycles. The van der Waals surface area contributed by atoms with Crippen molar-refractivity contribution in [3.63, 3.8) is 0 Å². The first-order valence-electron chi connectivity index (χ1n) is 9.17. The van der Waals surface area contributed by atoms with Gasteiger partial charge in [-0.05, 0) is 22.4 Å². The van der Waals surface area contributed by atoms with Gasteiger partial charge in [0.2, 0.25) is 5.95 Å². The highest BCUT2D eigenvalue weighted by atomic mass is 15.2. The molecule has 6 heteroatoms. The van der Waals surface area contributed by atoms with Gasteiger partial charge in [0, 0.05) is 43.3 Å². The molecule has 0 atom stereocenters. The van der Waals surface area contributed by atoms with Crippen molar-refractivity contribution in [1.29, 1.82) is 0 Å². The molecule has 0 bridgehead atoms. The maximum Gasteiger partial charge on any atom is 0.222 e. The largest absolute Gasteiger partial charge is 0.368 e. The highest BCUT2D eigenvalue weighted by Crippen LogP contribution is 2.36. The van der Waals surface area contributed by atoms with Crippen LogP contribution >= 0.6 is 0 Å². The molecule has 1 aliphatic rings. The Morgan fingerprint density at radius 3 is 2.59 bits per heavy atom. The Bertz CT molecular complexity index is 1130. The van der Waals surface area contributed by atoms with Gasteiger partial charge in [0.25, 0.3) is 0 Å². The molecule has 1 aliphatic heterocycles. The van der Waals surface area contributed by atoms with E-state index in [1.165, 1.54) is 16.3 Å². The van der Waals surface area contributed by atoms with Crippen LogP contribution in [0.4, 0.5) is 11.8 Å². The van der Waals surface area contributed by atoms with Crippen LogP contribution < -0.4 is 16.0 Å². The van der Waals surface area contributed by atoms with Crippen LogP contribution in [-0.2, 0) is 0 Å². The highest BCUT2D eigenvalue weighted by molar-refractivity contribution is 6.01. The lowest BCUT2D eigenvalue weighted by molar-refractivity contribution is 0.586. The summed E-state index contributed by atoms with van der Waals surface area (Å²) in [5.74, 6) is 1.21. The number of nitrogens with two attached hydrogens (primary N) is 1. The molecule has 27 heavy (non-hydrogen) atoms. The van der Waals surface area contributed by atoms with Crippen molar-refractivity contribution in [3.8, 4) is 11.1 Å². The number of rotatable bonds is 2. The predicted octanol–water partition coefficient (Wildman–Crippen LogP) is 2.84. The van der Waals surface area contributed by atoms with Crippen LogP contribution in [0, 0.1) is 0 Å². The first-order valence-corrected chi connectivity index (χ1v) is 9.17. The topological polar surface area (TPSA) is 80.0 Å². The second-order valence-electron chi connectivity index (χ2n) is 6.76. The monoisotopic (exact) mass is 356 g/mol. The fraction of sp³-hybridized carbons (Fsp3) is 0.190. The van der Waals surface area contributed by atoms with Gasteiger partial charge in [0.05, 0.1) is 0 Å². The van der Waals surface area contributed by atoms with Gasteiger partial charge >= 0.3 is 0 Å². The lowest BCUT2D eigenvalue weighted by atomic mass is 9.97. The summed E-state index contributed by atoms with van der Waals surface area (Å²) in [6, 6.07) is 17.0. The van der Waals surface area contributed by atoms with E-state index in [2.05, 4.69) is 68.7 Å². The summed E-state index contributed by atoms with van der Waals surface area (Å²) >= 11 is 0. The molecular weight excluding hydrogens is 336 g/mol. The van der Waals surface area contributed by atoms with Crippen molar-refractivity contribution >= 4 is 33.6 Å². The molecule has 134 valence electrons. The molecule has 2 aromatic carbocycles. The molecule has 5 rings (SSSR count). The maximum absolute atomic E-state index is 5.79. The summed E-state index contributed by atoms with van der Waals surface area (Å²) in [5, 5.41) is 6.73. The Balaban J connectivity index is 1.79. The van der Waals surface area contributed by atoms with Crippen molar-refractivity contribution in [2.24, 2.45) is 0 Å². The van der Waals surface area contributed by atoms with Gasteiger partial charge in [-0.15, -0.1) is 0 Å². The van der Waals surface area contributed by atoms with Gasteiger partial charge in [0.15, 0.2) is 5.65 Å². The zero-order valence-electron chi connectivity index (χ0n) is 14.9. The summed E-state index contributed by atoms with van der Waals surface area (Å²) in [7, 11) is 0. The normalized spacial score (nSPS) is 14.7. The fourth-order valence-electron chi connectivity index (χ4n) is 3.74. The van der Waals surface area contributed by atoms with Crippen LogP contribution in [0.2, 0.25) is 0 Å². The number of hydrogen-bond donors (Lipinski definition) is 2. The van der Waals surface area contributed by atoms with Crippen molar-refractivity contribution in [1.82, 2.24) is 20.3 Å². The van der Waals surface area contributed by atoms with Gasteiger partial charge in [-0.2, -0.15) is 4.98 Å². The Morgan fingerprint density at radius 1 is 0.889 bits per heavy atom. The Labute approximate surface area is 157 Å². The van der Waals surface area contributed by atoms with E-state index in [9.17, 15) is 0 Å². The first-order chi connectivity index (χ1) is 13.3. The third-order valence-corrected chi connectivity index (χ3v) is 5.06. The van der Waals surface area contributed by atoms with E-state index in [-0.39, 0.29) is 5.95 Å². The van der Waals surface area contributed by atoms with E-state index in [4.69, 9.17) is 10.7 Å². The second kappa shape index (κ2) is 6.48. The third-order valence-electron chi connectivity index (χ3n) is 5.06. The molecule has 0 radical (unpaired) electrons. The Kier molecular flexibility index (Phi) is 3.83. The van der Waals surface area contributed by atoms with Gasteiger partial charge in [0.1, 0.15) is 5.82 Å². The Morgan fingerprint density at radius 2 is 1.70 bits per heavy atom. The summed E-state index contributed by atoms with van der Waals surface area (Å²) in [6.45, 7) is 3.72. The Hall–Kier alpha value is -3.25. The van der Waals surface area contributed by atoms with E-state index in [1.807, 2.05) is 0 Å². The maximum atomic E-state index is 5.79. The summed E-state index contributed by atoms with van der Waals surface area (Å²) in [6.07, 6.45) is 1.75. The number of anilines is 2. The molecule has 2 aromatic heterocycles. The van der Waals surface area contributed by atoms with Gasteiger partial charge in [-0.25, -0.2) is 9.97 Å². The minimum absolute atomic E-state index is 0.249. The molecule has 1 fully saturated rings. The SMILES string of the molecule is Nc1ncc2cc(-c3cccc4ccccc34)c(N3CCNCC3)nc2n1. The van der Waals surface area contributed by atoms with E-state index in [0.717, 1.165) is 42.9 Å². The number of fused-ring (bicyclic) bond motifs is 2. The number of benzene rings is 2. The molecule has 6 nitrogen and oxygen atoms in total. The van der Waals surface area contributed by atoms with E-state index < -0.39 is 0 Å². The molecule has 0 saturated carbocycles. The van der Waals surface area contributed by atoms with Crippen molar-refractivity contribution in [2.75, 3.05) is 36.8 Å². The predicted molar refractivity (Wildman–Crippen MR) is 110 cm³/mol. The molecular formula is C21H20N6. The molecule has 0 spiro atoms. The quantitative estimate of drug-likeness (QED) is 0.575. The lowest BCUT2D eigenvalue weighted by Crippen LogP contribution is -2.44. The van der Waals surface area contributed by atoms with Crippen LogP contribution in [-0.4, -0.2) is 41.1 Å². The number of nitrogen functional groups attached to an aromatic ring is 1. The van der Waals surface area contributed by atoms with Crippen molar-refractivity contribution in [3.05, 3.63) is 54.7 Å². The summed E-state index contributed by atoms with van der Waals surface area (Å²) in [4.78, 5) is 15.7. The molecule has 0 amide bonds. The van der Waals surface area contributed by atoms with Crippen LogP contribution in [0.5, 0.6) is 0 Å². The molecule has 0 aliphatic carbocycles. The van der Waals surface area contributed by atoms with E-state index in [1.54, 1.807) is 6.20 Å². The van der Waals surface area contributed by atoms with Gasteiger partial charge < -0.3 is 16.0 Å². The average molecular weight is 356 g/mol. The number of hydrogen-bond acceptors (Lipinski definition) is 6. The van der Waals surface area contributed by atoms with Crippen LogP contribution in [0.15, 0.2) is 54.7 Å². The standard InChI is InChI=1S/C21H20N6/c22-21-24-13-15-12-18(17-7-3-5-14-4-1-2-6-16(14)17)20(25-19(15)26-21)27-10-8-23-9-11-27/h1-7,12-13,23H,8-11H2,(H2,22,24,25,26).